The fourth-order valence-corrected chi connectivity index (χ4v) is 4.63. The van der Waals surface area contributed by atoms with Gasteiger partial charge >= 0.3 is 6.09 Å². The van der Waals surface area contributed by atoms with E-state index in [1.165, 1.54) is 39.1 Å². The maximum absolute atomic E-state index is 12.6. The number of hydrogen-bond donors (Lipinski definition) is 1. The number of para-hydroxylation sites is 1. The lowest BCUT2D eigenvalue weighted by Gasteiger charge is -2.42. The van der Waals surface area contributed by atoms with E-state index in [0.29, 0.717) is 12.6 Å². The SMILES string of the molecule is CCCN1CCN(C2CCN(C(=O)OC3CNc4ccccc43)CC2)CC1. The van der Waals surface area contributed by atoms with E-state index < -0.39 is 0 Å². The average molecular weight is 373 g/mol. The number of rotatable bonds is 4. The van der Waals surface area contributed by atoms with Crippen molar-refractivity contribution in [2.24, 2.45) is 0 Å². The number of ether oxygens (including phenoxy) is 1. The molecule has 1 amide bonds. The van der Waals surface area contributed by atoms with Gasteiger partial charge < -0.3 is 19.9 Å². The monoisotopic (exact) mass is 372 g/mol. The Kier molecular flexibility index (Phi) is 5.83. The van der Waals surface area contributed by atoms with Gasteiger partial charge in [-0.25, -0.2) is 4.79 Å². The minimum atomic E-state index is -0.168. The Balaban J connectivity index is 1.23. The van der Waals surface area contributed by atoms with Crippen LogP contribution in [0.5, 0.6) is 0 Å². The molecule has 4 rings (SSSR count). The standard InChI is InChI=1S/C21H32N4O2/c1-2-9-23-12-14-24(15-13-23)17-7-10-25(11-8-17)21(26)27-20-16-22-19-6-4-3-5-18(19)20/h3-6,17,20,22H,2,7-16H2,1H3. The van der Waals surface area contributed by atoms with E-state index in [4.69, 9.17) is 4.74 Å². The van der Waals surface area contributed by atoms with Gasteiger partial charge in [0.15, 0.2) is 0 Å². The Morgan fingerprint density at radius 1 is 1.11 bits per heavy atom. The molecular formula is C21H32N4O2. The van der Waals surface area contributed by atoms with E-state index in [9.17, 15) is 4.79 Å². The Morgan fingerprint density at radius 3 is 2.59 bits per heavy atom. The van der Waals surface area contributed by atoms with Crippen molar-refractivity contribution in [1.82, 2.24) is 14.7 Å². The Labute approximate surface area is 162 Å². The van der Waals surface area contributed by atoms with Crippen molar-refractivity contribution in [2.75, 3.05) is 57.7 Å². The molecule has 6 nitrogen and oxygen atoms in total. The normalized spacial score (nSPS) is 24.5. The van der Waals surface area contributed by atoms with Crippen molar-refractivity contribution in [3.8, 4) is 0 Å². The van der Waals surface area contributed by atoms with Crippen LogP contribution in [0.15, 0.2) is 24.3 Å². The van der Waals surface area contributed by atoms with E-state index in [1.54, 1.807) is 0 Å². The molecular weight excluding hydrogens is 340 g/mol. The van der Waals surface area contributed by atoms with Gasteiger partial charge in [0.25, 0.3) is 0 Å². The molecule has 0 aliphatic carbocycles. The highest BCUT2D eigenvalue weighted by Gasteiger charge is 2.32. The molecule has 27 heavy (non-hydrogen) atoms. The predicted molar refractivity (Wildman–Crippen MR) is 107 cm³/mol. The second-order valence-corrected chi connectivity index (χ2v) is 7.94. The fourth-order valence-electron chi connectivity index (χ4n) is 4.63. The molecule has 0 saturated carbocycles. The van der Waals surface area contributed by atoms with E-state index in [-0.39, 0.29) is 12.2 Å². The Bertz CT molecular complexity index is 637. The zero-order chi connectivity index (χ0) is 18.6. The molecule has 1 N–H and O–H groups in total. The molecule has 148 valence electrons. The first-order valence-corrected chi connectivity index (χ1v) is 10.5. The molecule has 6 heteroatoms. The molecule has 0 aromatic heterocycles. The van der Waals surface area contributed by atoms with Crippen LogP contribution >= 0.6 is 0 Å². The predicted octanol–water partition coefficient (Wildman–Crippen LogP) is 2.78. The summed E-state index contributed by atoms with van der Waals surface area (Å²) in [5.41, 5.74) is 2.17. The Hall–Kier alpha value is -1.79. The van der Waals surface area contributed by atoms with Crippen molar-refractivity contribution in [3.63, 3.8) is 0 Å². The van der Waals surface area contributed by atoms with E-state index >= 15 is 0 Å². The molecule has 3 heterocycles. The van der Waals surface area contributed by atoms with Crippen molar-refractivity contribution in [1.29, 1.82) is 0 Å². The summed E-state index contributed by atoms with van der Waals surface area (Å²) in [6, 6.07) is 8.69. The smallest absolute Gasteiger partial charge is 0.410 e. The summed E-state index contributed by atoms with van der Waals surface area (Å²) in [5.74, 6) is 0. The second-order valence-electron chi connectivity index (χ2n) is 7.94. The molecule has 2 saturated heterocycles. The lowest BCUT2D eigenvalue weighted by Crippen LogP contribution is -2.53. The third-order valence-corrected chi connectivity index (χ3v) is 6.21. The van der Waals surface area contributed by atoms with Gasteiger partial charge in [-0.1, -0.05) is 25.1 Å². The van der Waals surface area contributed by atoms with Gasteiger partial charge in [0.1, 0.15) is 6.10 Å². The average Bonchev–Trinajstić information content (AvgIpc) is 3.12. The van der Waals surface area contributed by atoms with E-state index in [1.807, 2.05) is 29.2 Å². The zero-order valence-electron chi connectivity index (χ0n) is 16.4. The van der Waals surface area contributed by atoms with Crippen LogP contribution in [0.4, 0.5) is 10.5 Å². The highest BCUT2D eigenvalue weighted by atomic mass is 16.6. The first kappa shape index (κ1) is 18.6. The first-order chi connectivity index (χ1) is 13.2. The number of piperazine rings is 1. The molecule has 3 aliphatic rings. The number of anilines is 1. The highest BCUT2D eigenvalue weighted by molar-refractivity contribution is 5.69. The van der Waals surface area contributed by atoms with Gasteiger partial charge in [-0.15, -0.1) is 0 Å². The number of carbonyl (C=O) groups is 1. The first-order valence-electron chi connectivity index (χ1n) is 10.5. The van der Waals surface area contributed by atoms with Crippen LogP contribution < -0.4 is 5.32 Å². The molecule has 0 radical (unpaired) electrons. The van der Waals surface area contributed by atoms with Crippen LogP contribution in [0.25, 0.3) is 0 Å². The van der Waals surface area contributed by atoms with Gasteiger partial charge in [-0.3, -0.25) is 4.90 Å². The van der Waals surface area contributed by atoms with Gasteiger partial charge in [-0.05, 0) is 31.9 Å². The number of nitrogens with one attached hydrogen (secondary N) is 1. The molecule has 1 atom stereocenters. The van der Waals surface area contributed by atoms with Gasteiger partial charge in [0.05, 0.1) is 6.54 Å². The fraction of sp³-hybridized carbons (Fsp3) is 0.667. The van der Waals surface area contributed by atoms with E-state index in [2.05, 4.69) is 22.0 Å². The number of amides is 1. The maximum Gasteiger partial charge on any atom is 0.410 e. The second kappa shape index (κ2) is 8.48. The summed E-state index contributed by atoms with van der Waals surface area (Å²) in [6.07, 6.45) is 3.02. The summed E-state index contributed by atoms with van der Waals surface area (Å²) >= 11 is 0. The number of hydrogen-bond acceptors (Lipinski definition) is 5. The van der Waals surface area contributed by atoms with Crippen molar-refractivity contribution in [2.45, 2.75) is 38.3 Å². The van der Waals surface area contributed by atoms with Crippen LogP contribution in [0.3, 0.4) is 0 Å². The van der Waals surface area contributed by atoms with E-state index in [0.717, 1.165) is 37.2 Å². The zero-order valence-corrected chi connectivity index (χ0v) is 16.4. The Morgan fingerprint density at radius 2 is 1.85 bits per heavy atom. The summed E-state index contributed by atoms with van der Waals surface area (Å²) in [4.78, 5) is 19.7. The molecule has 0 spiro atoms. The maximum atomic E-state index is 12.6. The summed E-state index contributed by atoms with van der Waals surface area (Å²) < 4.78 is 5.80. The van der Waals surface area contributed by atoms with Crippen LogP contribution in [-0.2, 0) is 4.74 Å². The summed E-state index contributed by atoms with van der Waals surface area (Å²) in [7, 11) is 0. The number of likely N-dealkylation sites (tertiary alicyclic amines) is 1. The number of benzene rings is 1. The van der Waals surface area contributed by atoms with Crippen LogP contribution in [0.2, 0.25) is 0 Å². The van der Waals surface area contributed by atoms with Crippen LogP contribution in [-0.4, -0.2) is 79.2 Å². The van der Waals surface area contributed by atoms with Gasteiger partial charge in [-0.2, -0.15) is 0 Å². The third kappa shape index (κ3) is 4.22. The topological polar surface area (TPSA) is 48.0 Å². The highest BCUT2D eigenvalue weighted by Crippen LogP contribution is 2.32. The molecule has 1 aromatic carbocycles. The van der Waals surface area contributed by atoms with Crippen LogP contribution in [0.1, 0.15) is 37.9 Å². The minimum Gasteiger partial charge on any atom is -0.439 e. The summed E-state index contributed by atoms with van der Waals surface area (Å²) in [5, 5.41) is 3.31. The third-order valence-electron chi connectivity index (χ3n) is 6.21. The molecule has 0 bridgehead atoms. The molecule has 1 unspecified atom stereocenters. The molecule has 2 fully saturated rings. The minimum absolute atomic E-state index is 0.162. The lowest BCUT2D eigenvalue weighted by molar-refractivity contribution is 0.0373. The van der Waals surface area contributed by atoms with Crippen molar-refractivity contribution >= 4 is 11.8 Å². The molecule has 1 aromatic rings. The lowest BCUT2D eigenvalue weighted by atomic mass is 10.0. The largest absolute Gasteiger partial charge is 0.439 e. The van der Waals surface area contributed by atoms with Gasteiger partial charge in [0.2, 0.25) is 0 Å². The van der Waals surface area contributed by atoms with Crippen LogP contribution in [0, 0.1) is 0 Å². The number of fused-ring (bicyclic) bond motifs is 1. The summed E-state index contributed by atoms with van der Waals surface area (Å²) in [6.45, 7) is 10.5. The number of carbonyl (C=O) groups excluding carboxylic acids is 1. The van der Waals surface area contributed by atoms with Crippen molar-refractivity contribution in [3.05, 3.63) is 29.8 Å². The number of nitrogens with zero attached hydrogens (tertiary/aromatic N) is 3. The van der Waals surface area contributed by atoms with Crippen molar-refractivity contribution < 1.29 is 9.53 Å². The van der Waals surface area contributed by atoms with Gasteiger partial charge in [0, 0.05) is 56.6 Å². The quantitative estimate of drug-likeness (QED) is 0.881. The molecule has 3 aliphatic heterocycles. The number of piperidine rings is 1.